The Morgan fingerprint density at radius 3 is 2.19 bits per heavy atom. The SMILES string of the molecule is COc1cc(N)c(C(=O)N2C(C)CCCC2C)cc1OC. The minimum absolute atomic E-state index is 0.0341. The van der Waals surface area contributed by atoms with Gasteiger partial charge in [-0.2, -0.15) is 0 Å². The van der Waals surface area contributed by atoms with E-state index in [4.69, 9.17) is 15.2 Å². The maximum atomic E-state index is 12.9. The van der Waals surface area contributed by atoms with Crippen molar-refractivity contribution in [1.29, 1.82) is 0 Å². The van der Waals surface area contributed by atoms with E-state index in [0.717, 1.165) is 19.3 Å². The molecule has 2 unspecified atom stereocenters. The zero-order valence-electron chi connectivity index (χ0n) is 13.2. The minimum atomic E-state index is -0.0341. The first-order chi connectivity index (χ1) is 9.99. The summed E-state index contributed by atoms with van der Waals surface area (Å²) in [6.07, 6.45) is 3.22. The lowest BCUT2D eigenvalue weighted by molar-refractivity contribution is 0.0511. The van der Waals surface area contributed by atoms with Crippen molar-refractivity contribution >= 4 is 11.6 Å². The van der Waals surface area contributed by atoms with Gasteiger partial charge in [-0.3, -0.25) is 4.79 Å². The predicted molar refractivity (Wildman–Crippen MR) is 82.9 cm³/mol. The minimum Gasteiger partial charge on any atom is -0.493 e. The smallest absolute Gasteiger partial charge is 0.256 e. The molecule has 0 aromatic heterocycles. The summed E-state index contributed by atoms with van der Waals surface area (Å²) in [7, 11) is 3.10. The average Bonchev–Trinajstić information content (AvgIpc) is 2.46. The van der Waals surface area contributed by atoms with Crippen LogP contribution in [0, 0.1) is 0 Å². The monoisotopic (exact) mass is 292 g/mol. The van der Waals surface area contributed by atoms with Crippen molar-refractivity contribution in [2.45, 2.75) is 45.2 Å². The normalized spacial score (nSPS) is 22.0. The molecule has 1 fully saturated rings. The number of amides is 1. The molecule has 1 aliphatic heterocycles. The van der Waals surface area contributed by atoms with Crippen molar-refractivity contribution in [1.82, 2.24) is 4.90 Å². The van der Waals surface area contributed by atoms with Gasteiger partial charge in [-0.05, 0) is 39.2 Å². The van der Waals surface area contributed by atoms with Gasteiger partial charge in [0, 0.05) is 23.8 Å². The van der Waals surface area contributed by atoms with Crippen molar-refractivity contribution in [2.75, 3.05) is 20.0 Å². The van der Waals surface area contributed by atoms with Gasteiger partial charge in [-0.15, -0.1) is 0 Å². The zero-order valence-corrected chi connectivity index (χ0v) is 13.2. The van der Waals surface area contributed by atoms with Gasteiger partial charge >= 0.3 is 0 Å². The van der Waals surface area contributed by atoms with Crippen LogP contribution in [-0.4, -0.2) is 37.1 Å². The number of methoxy groups -OCH3 is 2. The summed E-state index contributed by atoms with van der Waals surface area (Å²) in [4.78, 5) is 14.8. The number of ether oxygens (including phenoxy) is 2. The molecular weight excluding hydrogens is 268 g/mol. The molecule has 116 valence electrons. The van der Waals surface area contributed by atoms with Gasteiger partial charge in [-0.25, -0.2) is 0 Å². The maximum Gasteiger partial charge on any atom is 0.256 e. The Labute approximate surface area is 126 Å². The Balaban J connectivity index is 2.38. The Kier molecular flexibility index (Phi) is 4.60. The summed E-state index contributed by atoms with van der Waals surface area (Å²) in [5.74, 6) is 1.02. The molecular formula is C16H24N2O3. The van der Waals surface area contributed by atoms with Crippen LogP contribution in [0.3, 0.4) is 0 Å². The lowest BCUT2D eigenvalue weighted by Gasteiger charge is -2.39. The first kappa shape index (κ1) is 15.5. The van der Waals surface area contributed by atoms with E-state index in [2.05, 4.69) is 13.8 Å². The molecule has 0 saturated carbocycles. The van der Waals surface area contributed by atoms with Crippen molar-refractivity contribution in [2.24, 2.45) is 0 Å². The molecule has 1 aromatic rings. The first-order valence-corrected chi connectivity index (χ1v) is 7.33. The van der Waals surface area contributed by atoms with Gasteiger partial charge in [0.25, 0.3) is 5.91 Å². The van der Waals surface area contributed by atoms with Gasteiger partial charge in [0.2, 0.25) is 0 Å². The summed E-state index contributed by atoms with van der Waals surface area (Å²) in [6.45, 7) is 4.18. The topological polar surface area (TPSA) is 64.8 Å². The van der Waals surface area contributed by atoms with Gasteiger partial charge in [0.15, 0.2) is 11.5 Å². The molecule has 2 rings (SSSR count). The van der Waals surface area contributed by atoms with Crippen molar-refractivity contribution in [3.05, 3.63) is 17.7 Å². The van der Waals surface area contributed by atoms with Gasteiger partial charge in [0.1, 0.15) is 0 Å². The second kappa shape index (κ2) is 6.24. The highest BCUT2D eigenvalue weighted by atomic mass is 16.5. The molecule has 0 aliphatic carbocycles. The van der Waals surface area contributed by atoms with Crippen LogP contribution in [0.25, 0.3) is 0 Å². The summed E-state index contributed by atoms with van der Waals surface area (Å²) < 4.78 is 10.5. The highest BCUT2D eigenvalue weighted by molar-refractivity contribution is 6.00. The van der Waals surface area contributed by atoms with Crippen LogP contribution in [0.15, 0.2) is 12.1 Å². The average molecular weight is 292 g/mol. The number of nitrogens with two attached hydrogens (primary N) is 1. The van der Waals surface area contributed by atoms with Gasteiger partial charge in [0.05, 0.1) is 19.8 Å². The predicted octanol–water partition coefficient (Wildman–Crippen LogP) is 2.69. The van der Waals surface area contributed by atoms with Crippen LogP contribution in [0.4, 0.5) is 5.69 Å². The number of anilines is 1. The van der Waals surface area contributed by atoms with Crippen LogP contribution in [-0.2, 0) is 0 Å². The number of carbonyl (C=O) groups is 1. The highest BCUT2D eigenvalue weighted by Crippen LogP contribution is 2.34. The molecule has 5 heteroatoms. The number of likely N-dealkylation sites (tertiary alicyclic amines) is 1. The van der Waals surface area contributed by atoms with E-state index in [-0.39, 0.29) is 18.0 Å². The third-order valence-corrected chi connectivity index (χ3v) is 4.21. The van der Waals surface area contributed by atoms with E-state index >= 15 is 0 Å². The Morgan fingerprint density at radius 1 is 1.14 bits per heavy atom. The highest BCUT2D eigenvalue weighted by Gasteiger charge is 2.31. The molecule has 5 nitrogen and oxygen atoms in total. The maximum absolute atomic E-state index is 12.9. The molecule has 2 atom stereocenters. The van der Waals surface area contributed by atoms with E-state index in [9.17, 15) is 4.79 Å². The summed E-state index contributed by atoms with van der Waals surface area (Å²) >= 11 is 0. The van der Waals surface area contributed by atoms with Crippen LogP contribution in [0.2, 0.25) is 0 Å². The number of benzene rings is 1. The third-order valence-electron chi connectivity index (χ3n) is 4.21. The van der Waals surface area contributed by atoms with E-state index in [1.165, 1.54) is 0 Å². The Morgan fingerprint density at radius 2 is 1.67 bits per heavy atom. The van der Waals surface area contributed by atoms with E-state index in [0.29, 0.717) is 22.7 Å². The summed E-state index contributed by atoms with van der Waals surface area (Å²) in [6, 6.07) is 3.78. The molecule has 0 radical (unpaired) electrons. The number of hydrogen-bond acceptors (Lipinski definition) is 4. The van der Waals surface area contributed by atoms with Crippen molar-refractivity contribution in [3.63, 3.8) is 0 Å². The number of nitrogens with zero attached hydrogens (tertiary/aromatic N) is 1. The largest absolute Gasteiger partial charge is 0.493 e. The molecule has 1 aliphatic rings. The van der Waals surface area contributed by atoms with E-state index in [1.54, 1.807) is 26.4 Å². The summed E-state index contributed by atoms with van der Waals surface area (Å²) in [5.41, 5.74) is 6.93. The number of carbonyl (C=O) groups excluding carboxylic acids is 1. The number of rotatable bonds is 3. The first-order valence-electron chi connectivity index (χ1n) is 7.33. The van der Waals surface area contributed by atoms with E-state index < -0.39 is 0 Å². The van der Waals surface area contributed by atoms with Crippen LogP contribution < -0.4 is 15.2 Å². The Hall–Kier alpha value is -1.91. The fraction of sp³-hybridized carbons (Fsp3) is 0.562. The molecule has 21 heavy (non-hydrogen) atoms. The lowest BCUT2D eigenvalue weighted by atomic mass is 9.96. The van der Waals surface area contributed by atoms with Crippen LogP contribution in [0.1, 0.15) is 43.5 Å². The molecule has 1 amide bonds. The lowest BCUT2D eigenvalue weighted by Crippen LogP contribution is -2.47. The molecule has 1 saturated heterocycles. The number of nitrogen functional groups attached to an aromatic ring is 1. The number of hydrogen-bond donors (Lipinski definition) is 1. The van der Waals surface area contributed by atoms with E-state index in [1.807, 2.05) is 4.90 Å². The second-order valence-electron chi connectivity index (χ2n) is 5.64. The summed E-state index contributed by atoms with van der Waals surface area (Å²) in [5, 5.41) is 0. The zero-order chi connectivity index (χ0) is 15.6. The molecule has 1 heterocycles. The number of piperidine rings is 1. The second-order valence-corrected chi connectivity index (χ2v) is 5.64. The van der Waals surface area contributed by atoms with Crippen LogP contribution in [0.5, 0.6) is 11.5 Å². The van der Waals surface area contributed by atoms with Crippen LogP contribution >= 0.6 is 0 Å². The molecule has 1 aromatic carbocycles. The van der Waals surface area contributed by atoms with Crippen molar-refractivity contribution < 1.29 is 14.3 Å². The van der Waals surface area contributed by atoms with Crippen molar-refractivity contribution in [3.8, 4) is 11.5 Å². The molecule has 2 N–H and O–H groups in total. The third kappa shape index (κ3) is 2.91. The fourth-order valence-corrected chi connectivity index (χ4v) is 3.04. The molecule has 0 bridgehead atoms. The standard InChI is InChI=1S/C16H24N2O3/c1-10-6-5-7-11(2)18(10)16(19)12-8-14(20-3)15(21-4)9-13(12)17/h8-11H,5-7,17H2,1-4H3. The quantitative estimate of drug-likeness (QED) is 0.870. The van der Waals surface area contributed by atoms with Gasteiger partial charge < -0.3 is 20.1 Å². The van der Waals surface area contributed by atoms with Gasteiger partial charge in [-0.1, -0.05) is 0 Å². The molecule has 0 spiro atoms. The Bertz CT molecular complexity index is 520. The fourth-order valence-electron chi connectivity index (χ4n) is 3.04.